The minimum atomic E-state index is -0.355. The van der Waals surface area contributed by atoms with Crippen molar-refractivity contribution in [3.8, 4) is 11.5 Å². The van der Waals surface area contributed by atoms with E-state index in [0.717, 1.165) is 11.1 Å². The summed E-state index contributed by atoms with van der Waals surface area (Å²) < 4.78 is 24.3. The molecule has 1 aliphatic rings. The molecule has 1 amide bonds. The summed E-state index contributed by atoms with van der Waals surface area (Å²) in [4.78, 5) is 14.1. The number of amides is 1. The molecular weight excluding hydrogens is 329 g/mol. The Kier molecular flexibility index (Phi) is 4.66. The Bertz CT molecular complexity index is 781. The van der Waals surface area contributed by atoms with Gasteiger partial charge in [0.05, 0.1) is 25.7 Å². The lowest BCUT2D eigenvalue weighted by Crippen LogP contribution is -2.28. The predicted molar refractivity (Wildman–Crippen MR) is 93.4 cm³/mol. The summed E-state index contributed by atoms with van der Waals surface area (Å²) in [6, 6.07) is 10.1. The molecule has 6 heteroatoms. The standard InChI is InChI=1S/C18H18FNO3S/c1-11-4-6-13(19)9-14(11)20-17(21)10-24-18(20)12-5-7-15(22-2)16(8-12)23-3/h4-9,18H,10H2,1-3H3. The van der Waals surface area contributed by atoms with Gasteiger partial charge in [-0.15, -0.1) is 11.8 Å². The Labute approximate surface area is 144 Å². The van der Waals surface area contributed by atoms with E-state index in [2.05, 4.69) is 0 Å². The van der Waals surface area contributed by atoms with E-state index in [1.54, 1.807) is 25.2 Å². The molecule has 0 radical (unpaired) electrons. The van der Waals surface area contributed by atoms with E-state index in [1.807, 2.05) is 25.1 Å². The van der Waals surface area contributed by atoms with E-state index in [1.165, 1.54) is 23.9 Å². The number of nitrogens with zero attached hydrogens (tertiary/aromatic N) is 1. The van der Waals surface area contributed by atoms with Crippen molar-refractivity contribution in [2.75, 3.05) is 24.9 Å². The third-order valence-electron chi connectivity index (χ3n) is 3.99. The minimum Gasteiger partial charge on any atom is -0.493 e. The number of methoxy groups -OCH3 is 2. The van der Waals surface area contributed by atoms with E-state index >= 15 is 0 Å². The Morgan fingerprint density at radius 2 is 1.88 bits per heavy atom. The molecule has 1 aliphatic heterocycles. The van der Waals surface area contributed by atoms with Crippen molar-refractivity contribution in [1.29, 1.82) is 0 Å². The molecular formula is C18H18FNO3S. The van der Waals surface area contributed by atoms with Crippen LogP contribution < -0.4 is 14.4 Å². The lowest BCUT2D eigenvalue weighted by Gasteiger charge is -2.26. The second kappa shape index (κ2) is 6.73. The van der Waals surface area contributed by atoms with Crippen LogP contribution in [0.15, 0.2) is 36.4 Å². The summed E-state index contributed by atoms with van der Waals surface area (Å²) in [6.45, 7) is 1.87. The number of aryl methyl sites for hydroxylation is 1. The van der Waals surface area contributed by atoms with Crippen LogP contribution in [0.25, 0.3) is 0 Å². The molecule has 2 aromatic carbocycles. The number of rotatable bonds is 4. The normalized spacial score (nSPS) is 17.2. The van der Waals surface area contributed by atoms with Gasteiger partial charge in [-0.1, -0.05) is 12.1 Å². The highest BCUT2D eigenvalue weighted by Gasteiger charge is 2.35. The summed E-state index contributed by atoms with van der Waals surface area (Å²) in [5.41, 5.74) is 2.37. The highest BCUT2D eigenvalue weighted by Crippen LogP contribution is 2.44. The van der Waals surface area contributed by atoms with Crippen molar-refractivity contribution in [2.45, 2.75) is 12.3 Å². The first-order chi connectivity index (χ1) is 11.5. The van der Waals surface area contributed by atoms with Crippen molar-refractivity contribution in [3.05, 3.63) is 53.3 Å². The maximum atomic E-state index is 13.7. The van der Waals surface area contributed by atoms with Crippen LogP contribution in [-0.4, -0.2) is 25.9 Å². The molecule has 0 bridgehead atoms. The lowest BCUT2D eigenvalue weighted by molar-refractivity contribution is -0.115. The van der Waals surface area contributed by atoms with Crippen LogP contribution in [0, 0.1) is 12.7 Å². The first-order valence-corrected chi connectivity index (χ1v) is 8.51. The fourth-order valence-electron chi connectivity index (χ4n) is 2.78. The van der Waals surface area contributed by atoms with Gasteiger partial charge in [-0.2, -0.15) is 0 Å². The molecule has 1 fully saturated rings. The molecule has 3 rings (SSSR count). The number of halogens is 1. The molecule has 0 aromatic heterocycles. The minimum absolute atomic E-state index is 0.0338. The average Bonchev–Trinajstić information content (AvgIpc) is 2.97. The fourth-order valence-corrected chi connectivity index (χ4v) is 3.94. The van der Waals surface area contributed by atoms with Gasteiger partial charge in [0.1, 0.15) is 11.2 Å². The van der Waals surface area contributed by atoms with E-state index in [4.69, 9.17) is 9.47 Å². The number of carbonyl (C=O) groups excluding carboxylic acids is 1. The second-order valence-electron chi connectivity index (χ2n) is 5.47. The summed E-state index contributed by atoms with van der Waals surface area (Å²) >= 11 is 1.51. The average molecular weight is 347 g/mol. The van der Waals surface area contributed by atoms with Crippen LogP contribution in [0.1, 0.15) is 16.5 Å². The predicted octanol–water partition coefficient (Wildman–Crippen LogP) is 3.93. The number of benzene rings is 2. The zero-order valence-corrected chi connectivity index (χ0v) is 14.5. The Hall–Kier alpha value is -2.21. The van der Waals surface area contributed by atoms with Gasteiger partial charge in [0.25, 0.3) is 0 Å². The van der Waals surface area contributed by atoms with Crippen molar-refractivity contribution >= 4 is 23.4 Å². The summed E-state index contributed by atoms with van der Waals surface area (Å²) in [5.74, 6) is 1.20. The maximum absolute atomic E-state index is 13.7. The highest BCUT2D eigenvalue weighted by molar-refractivity contribution is 8.00. The van der Waals surface area contributed by atoms with Gasteiger partial charge in [-0.3, -0.25) is 9.69 Å². The number of carbonyl (C=O) groups is 1. The van der Waals surface area contributed by atoms with E-state index in [0.29, 0.717) is 22.9 Å². The quantitative estimate of drug-likeness (QED) is 0.840. The Morgan fingerprint density at radius 3 is 2.58 bits per heavy atom. The monoisotopic (exact) mass is 347 g/mol. The maximum Gasteiger partial charge on any atom is 0.238 e. The molecule has 4 nitrogen and oxygen atoms in total. The highest BCUT2D eigenvalue weighted by atomic mass is 32.2. The summed E-state index contributed by atoms with van der Waals surface area (Å²) in [6.07, 6.45) is 0. The molecule has 0 aliphatic carbocycles. The van der Waals surface area contributed by atoms with Crippen molar-refractivity contribution < 1.29 is 18.7 Å². The van der Waals surface area contributed by atoms with Gasteiger partial charge in [-0.25, -0.2) is 4.39 Å². The fraction of sp³-hybridized carbons (Fsp3) is 0.278. The third-order valence-corrected chi connectivity index (χ3v) is 5.20. The number of thioether (sulfide) groups is 1. The Morgan fingerprint density at radius 1 is 1.12 bits per heavy atom. The van der Waals surface area contributed by atoms with Crippen LogP contribution in [-0.2, 0) is 4.79 Å². The molecule has 1 saturated heterocycles. The molecule has 2 aromatic rings. The SMILES string of the molecule is COc1ccc(C2SCC(=O)N2c2cc(F)ccc2C)cc1OC. The van der Waals surface area contributed by atoms with Gasteiger partial charge in [0, 0.05) is 0 Å². The lowest BCUT2D eigenvalue weighted by atomic mass is 10.1. The van der Waals surface area contributed by atoms with Crippen LogP contribution in [0.5, 0.6) is 11.5 Å². The molecule has 1 unspecified atom stereocenters. The molecule has 0 N–H and O–H groups in total. The van der Waals surface area contributed by atoms with E-state index in [9.17, 15) is 9.18 Å². The second-order valence-corrected chi connectivity index (χ2v) is 6.54. The summed E-state index contributed by atoms with van der Waals surface area (Å²) in [7, 11) is 3.15. The van der Waals surface area contributed by atoms with Gasteiger partial charge in [0.15, 0.2) is 11.5 Å². The van der Waals surface area contributed by atoms with Gasteiger partial charge in [0.2, 0.25) is 5.91 Å². The number of ether oxygens (including phenoxy) is 2. The van der Waals surface area contributed by atoms with Crippen molar-refractivity contribution in [3.63, 3.8) is 0 Å². The number of hydrogen-bond donors (Lipinski definition) is 0. The molecule has 1 atom stereocenters. The van der Waals surface area contributed by atoms with Crippen molar-refractivity contribution in [2.24, 2.45) is 0 Å². The molecule has 1 heterocycles. The van der Waals surface area contributed by atoms with Crippen LogP contribution in [0.2, 0.25) is 0 Å². The first-order valence-electron chi connectivity index (χ1n) is 7.47. The van der Waals surface area contributed by atoms with Gasteiger partial charge in [-0.05, 0) is 42.3 Å². The smallest absolute Gasteiger partial charge is 0.238 e. The topological polar surface area (TPSA) is 38.8 Å². The zero-order valence-electron chi connectivity index (χ0n) is 13.7. The number of hydrogen-bond acceptors (Lipinski definition) is 4. The Balaban J connectivity index is 2.04. The number of anilines is 1. The summed E-state index contributed by atoms with van der Waals surface area (Å²) in [5, 5.41) is -0.224. The van der Waals surface area contributed by atoms with Crippen LogP contribution in [0.3, 0.4) is 0 Å². The van der Waals surface area contributed by atoms with E-state index < -0.39 is 0 Å². The largest absolute Gasteiger partial charge is 0.493 e. The van der Waals surface area contributed by atoms with Gasteiger partial charge < -0.3 is 9.47 Å². The molecule has 0 spiro atoms. The first kappa shape index (κ1) is 16.6. The van der Waals surface area contributed by atoms with Crippen LogP contribution in [0.4, 0.5) is 10.1 Å². The van der Waals surface area contributed by atoms with E-state index in [-0.39, 0.29) is 17.1 Å². The van der Waals surface area contributed by atoms with Crippen LogP contribution >= 0.6 is 11.8 Å². The van der Waals surface area contributed by atoms with Crippen molar-refractivity contribution in [1.82, 2.24) is 0 Å². The molecule has 0 saturated carbocycles. The third kappa shape index (κ3) is 2.94. The van der Waals surface area contributed by atoms with Gasteiger partial charge >= 0.3 is 0 Å². The molecule has 24 heavy (non-hydrogen) atoms. The molecule has 126 valence electrons. The zero-order chi connectivity index (χ0) is 17.3.